The number of ether oxygens (including phenoxy) is 1. The van der Waals surface area contributed by atoms with Gasteiger partial charge in [0.1, 0.15) is 17.5 Å². The van der Waals surface area contributed by atoms with Crippen LogP contribution < -0.4 is 4.74 Å². The van der Waals surface area contributed by atoms with Crippen LogP contribution in [0.15, 0.2) is 115 Å². The van der Waals surface area contributed by atoms with E-state index in [4.69, 9.17) is 14.8 Å². The number of nitriles is 1. The molecule has 0 aliphatic rings. The van der Waals surface area contributed by atoms with Crippen molar-refractivity contribution in [3.05, 3.63) is 121 Å². The molecule has 0 N–H and O–H groups in total. The number of rotatable bonds is 5. The Morgan fingerprint density at radius 2 is 1.24 bits per heavy atom. The molecule has 0 saturated heterocycles. The molecule has 0 radical (unpaired) electrons. The average molecular weight is 479 g/mol. The summed E-state index contributed by atoms with van der Waals surface area (Å²) in [5, 5.41) is 16.4. The van der Waals surface area contributed by atoms with Crippen molar-refractivity contribution in [2.75, 3.05) is 7.11 Å². The molecule has 5 nitrogen and oxygen atoms in total. The van der Waals surface area contributed by atoms with Crippen molar-refractivity contribution in [2.24, 2.45) is 0 Å². The van der Waals surface area contributed by atoms with Crippen LogP contribution in [0, 0.1) is 11.3 Å². The molecule has 6 aromatic rings. The lowest BCUT2D eigenvalue weighted by Gasteiger charge is -2.13. The summed E-state index contributed by atoms with van der Waals surface area (Å²) in [6.45, 7) is 0. The predicted octanol–water partition coefficient (Wildman–Crippen LogP) is 7.30. The summed E-state index contributed by atoms with van der Waals surface area (Å²) in [6, 6.07) is 40.1. The summed E-state index contributed by atoms with van der Waals surface area (Å²) < 4.78 is 7.28. The van der Waals surface area contributed by atoms with Crippen molar-refractivity contribution in [1.29, 1.82) is 5.26 Å². The fourth-order valence-electron chi connectivity index (χ4n) is 4.66. The minimum atomic E-state index is 0.508. The number of hydrogen-bond donors (Lipinski definition) is 0. The molecule has 176 valence electrons. The average Bonchev–Trinajstić information content (AvgIpc) is 3.37. The number of hydrogen-bond acceptors (Lipinski definition) is 4. The lowest BCUT2D eigenvalue weighted by atomic mass is 9.92. The van der Waals surface area contributed by atoms with Crippen LogP contribution in [-0.2, 0) is 0 Å². The highest BCUT2D eigenvalue weighted by molar-refractivity contribution is 6.07. The van der Waals surface area contributed by atoms with Crippen LogP contribution in [0.3, 0.4) is 0 Å². The Kier molecular flexibility index (Phi) is 5.68. The van der Waals surface area contributed by atoms with Gasteiger partial charge in [0.2, 0.25) is 0 Å². The highest BCUT2D eigenvalue weighted by Gasteiger charge is 2.25. The number of benzene rings is 4. The van der Waals surface area contributed by atoms with Gasteiger partial charge in [-0.1, -0.05) is 91.0 Å². The van der Waals surface area contributed by atoms with Crippen LogP contribution >= 0.6 is 0 Å². The summed E-state index contributed by atoms with van der Waals surface area (Å²) >= 11 is 0. The van der Waals surface area contributed by atoms with Gasteiger partial charge in [-0.05, 0) is 29.8 Å². The fraction of sp³-hybridized carbons (Fsp3) is 0.0312. The van der Waals surface area contributed by atoms with Gasteiger partial charge < -0.3 is 4.74 Å². The van der Waals surface area contributed by atoms with E-state index in [0.29, 0.717) is 16.9 Å². The zero-order valence-corrected chi connectivity index (χ0v) is 20.2. The number of fused-ring (bicyclic) bond motifs is 1. The zero-order chi connectivity index (χ0) is 25.2. The van der Waals surface area contributed by atoms with E-state index in [1.165, 1.54) is 0 Å². The Bertz CT molecular complexity index is 1740. The molecule has 0 atom stereocenters. The molecular weight excluding hydrogens is 456 g/mol. The number of methoxy groups -OCH3 is 1. The van der Waals surface area contributed by atoms with E-state index in [0.717, 1.165) is 44.8 Å². The van der Waals surface area contributed by atoms with Crippen molar-refractivity contribution < 1.29 is 4.74 Å². The van der Waals surface area contributed by atoms with Gasteiger partial charge >= 0.3 is 0 Å². The second kappa shape index (κ2) is 9.44. The molecule has 0 aliphatic carbocycles. The molecule has 0 fully saturated rings. The number of pyridine rings is 1. The molecule has 0 bridgehead atoms. The molecule has 5 heteroatoms. The Morgan fingerprint density at radius 3 is 1.81 bits per heavy atom. The molecular formula is C32H22N4O. The molecule has 0 saturated carbocycles. The number of nitrogens with zero attached hydrogens (tertiary/aromatic N) is 4. The van der Waals surface area contributed by atoms with Gasteiger partial charge in [0.15, 0.2) is 5.65 Å². The van der Waals surface area contributed by atoms with Gasteiger partial charge in [0.25, 0.3) is 0 Å². The summed E-state index contributed by atoms with van der Waals surface area (Å²) in [5.41, 5.74) is 7.01. The monoisotopic (exact) mass is 478 g/mol. The maximum Gasteiger partial charge on any atom is 0.164 e. The third-order valence-electron chi connectivity index (χ3n) is 6.40. The van der Waals surface area contributed by atoms with Gasteiger partial charge in [-0.3, -0.25) is 0 Å². The van der Waals surface area contributed by atoms with E-state index in [1.54, 1.807) is 7.11 Å². The summed E-state index contributed by atoms with van der Waals surface area (Å²) in [5.74, 6) is 0.749. The molecule has 0 aliphatic heterocycles. The lowest BCUT2D eigenvalue weighted by Crippen LogP contribution is -2.01. The van der Waals surface area contributed by atoms with E-state index in [1.807, 2.05) is 120 Å². The standard InChI is InChI=1S/C32H22N4O/c1-37-26-19-17-22(18-20-26)28-27(21-33)30(23-11-5-2-6-12-23)34-32-29(28)31(24-13-7-3-8-14-24)35-36(32)25-15-9-4-10-16-25/h2-20H,1H3. The first-order valence-corrected chi connectivity index (χ1v) is 12.0. The van der Waals surface area contributed by atoms with Crippen molar-refractivity contribution >= 4 is 11.0 Å². The van der Waals surface area contributed by atoms with E-state index in [9.17, 15) is 5.26 Å². The van der Waals surface area contributed by atoms with E-state index in [2.05, 4.69) is 6.07 Å². The summed E-state index contributed by atoms with van der Waals surface area (Å²) in [6.07, 6.45) is 0. The third-order valence-corrected chi connectivity index (χ3v) is 6.40. The third kappa shape index (κ3) is 3.91. The molecule has 0 unspecified atom stereocenters. The summed E-state index contributed by atoms with van der Waals surface area (Å²) in [4.78, 5) is 5.11. The quantitative estimate of drug-likeness (QED) is 0.261. The molecule has 37 heavy (non-hydrogen) atoms. The van der Waals surface area contributed by atoms with Crippen molar-refractivity contribution in [3.8, 4) is 51.1 Å². The molecule has 2 aromatic heterocycles. The highest BCUT2D eigenvalue weighted by Crippen LogP contribution is 2.42. The minimum absolute atomic E-state index is 0.508. The number of para-hydroxylation sites is 1. The zero-order valence-electron chi connectivity index (χ0n) is 20.2. The van der Waals surface area contributed by atoms with Crippen LogP contribution in [0.2, 0.25) is 0 Å². The topological polar surface area (TPSA) is 63.7 Å². The van der Waals surface area contributed by atoms with E-state index < -0.39 is 0 Å². The van der Waals surface area contributed by atoms with Crippen LogP contribution in [0.1, 0.15) is 5.56 Å². The molecule has 0 amide bonds. The largest absolute Gasteiger partial charge is 0.497 e. The smallest absolute Gasteiger partial charge is 0.164 e. The number of aromatic nitrogens is 3. The fourth-order valence-corrected chi connectivity index (χ4v) is 4.66. The van der Waals surface area contributed by atoms with Crippen LogP contribution in [-0.4, -0.2) is 21.9 Å². The lowest BCUT2D eigenvalue weighted by molar-refractivity contribution is 0.415. The van der Waals surface area contributed by atoms with Gasteiger partial charge in [0.05, 0.1) is 29.4 Å². The first kappa shape index (κ1) is 22.3. The normalized spacial score (nSPS) is 10.8. The van der Waals surface area contributed by atoms with Crippen molar-refractivity contribution in [2.45, 2.75) is 0 Å². The Labute approximate surface area is 214 Å². The molecule has 2 heterocycles. The second-order valence-corrected chi connectivity index (χ2v) is 8.58. The van der Waals surface area contributed by atoms with Crippen molar-refractivity contribution in [1.82, 2.24) is 14.8 Å². The molecule has 0 spiro atoms. The SMILES string of the molecule is COc1ccc(-c2c(C#N)c(-c3ccccc3)nc3c2c(-c2ccccc2)nn3-c2ccccc2)cc1. The summed E-state index contributed by atoms with van der Waals surface area (Å²) in [7, 11) is 1.64. The van der Waals surface area contributed by atoms with Gasteiger partial charge in [-0.15, -0.1) is 0 Å². The van der Waals surface area contributed by atoms with Gasteiger partial charge in [-0.25, -0.2) is 9.67 Å². The first-order valence-electron chi connectivity index (χ1n) is 12.0. The van der Waals surface area contributed by atoms with Crippen LogP contribution in [0.5, 0.6) is 5.75 Å². The van der Waals surface area contributed by atoms with Gasteiger partial charge in [0, 0.05) is 16.7 Å². The van der Waals surface area contributed by atoms with Crippen LogP contribution in [0.4, 0.5) is 0 Å². The Balaban J connectivity index is 1.80. The van der Waals surface area contributed by atoms with Gasteiger partial charge in [-0.2, -0.15) is 10.4 Å². The van der Waals surface area contributed by atoms with Crippen LogP contribution in [0.25, 0.3) is 50.4 Å². The van der Waals surface area contributed by atoms with E-state index in [-0.39, 0.29) is 0 Å². The first-order chi connectivity index (χ1) is 18.3. The minimum Gasteiger partial charge on any atom is -0.497 e. The predicted molar refractivity (Wildman–Crippen MR) is 146 cm³/mol. The Hall–Kier alpha value is -5.21. The van der Waals surface area contributed by atoms with Crippen molar-refractivity contribution in [3.63, 3.8) is 0 Å². The second-order valence-electron chi connectivity index (χ2n) is 8.58. The molecule has 6 rings (SSSR count). The van der Waals surface area contributed by atoms with E-state index >= 15 is 0 Å². The Morgan fingerprint density at radius 1 is 0.676 bits per heavy atom. The molecule has 4 aromatic carbocycles. The highest BCUT2D eigenvalue weighted by atomic mass is 16.5. The maximum absolute atomic E-state index is 10.5. The maximum atomic E-state index is 10.5.